The molecule has 86 valence electrons. The van der Waals surface area contributed by atoms with Crippen molar-refractivity contribution in [2.75, 3.05) is 0 Å². The van der Waals surface area contributed by atoms with Gasteiger partial charge >= 0.3 is 0 Å². The van der Waals surface area contributed by atoms with E-state index < -0.39 is 0 Å². The summed E-state index contributed by atoms with van der Waals surface area (Å²) in [5, 5.41) is 0. The highest BCUT2D eigenvalue weighted by molar-refractivity contribution is 6.21. The van der Waals surface area contributed by atoms with Gasteiger partial charge in [-0.1, -0.05) is 19.1 Å². The molecule has 3 nitrogen and oxygen atoms in total. The summed E-state index contributed by atoms with van der Waals surface area (Å²) in [6.45, 7) is 1.92. The van der Waals surface area contributed by atoms with E-state index in [1.165, 1.54) is 4.90 Å². The van der Waals surface area contributed by atoms with E-state index in [-0.39, 0.29) is 17.9 Å². The Labute approximate surface area is 100 Å². The molecule has 0 aromatic heterocycles. The predicted octanol–water partition coefficient (Wildman–Crippen LogP) is 2.08. The largest absolute Gasteiger partial charge is 0.270 e. The van der Waals surface area contributed by atoms with Gasteiger partial charge in [-0.3, -0.25) is 14.5 Å². The minimum Gasteiger partial charge on any atom is -0.270 e. The number of benzene rings is 1. The average molecular weight is 227 g/mol. The first-order chi connectivity index (χ1) is 8.20. The van der Waals surface area contributed by atoms with Gasteiger partial charge in [0.2, 0.25) is 0 Å². The van der Waals surface area contributed by atoms with Crippen LogP contribution in [0.2, 0.25) is 0 Å². The molecule has 0 radical (unpaired) electrons. The second-order valence-corrected chi connectivity index (χ2v) is 4.00. The molecule has 2 rings (SSSR count). The number of amides is 2. The van der Waals surface area contributed by atoms with Crippen LogP contribution in [0.5, 0.6) is 0 Å². The predicted molar refractivity (Wildman–Crippen MR) is 64.5 cm³/mol. The van der Waals surface area contributed by atoms with Gasteiger partial charge in [-0.05, 0) is 18.6 Å². The molecule has 0 spiro atoms. The molecule has 17 heavy (non-hydrogen) atoms. The SMILES string of the molecule is C#CCC(CC)N1C(=O)c2ccccc2C1=O. The van der Waals surface area contributed by atoms with Gasteiger partial charge in [0.15, 0.2) is 0 Å². The summed E-state index contributed by atoms with van der Waals surface area (Å²) < 4.78 is 0. The Hall–Kier alpha value is -2.08. The number of fused-ring (bicyclic) bond motifs is 1. The summed E-state index contributed by atoms with van der Waals surface area (Å²) in [6, 6.07) is 6.68. The van der Waals surface area contributed by atoms with Crippen molar-refractivity contribution in [2.45, 2.75) is 25.8 Å². The van der Waals surface area contributed by atoms with Crippen LogP contribution in [-0.2, 0) is 0 Å². The van der Waals surface area contributed by atoms with Crippen LogP contribution in [0.25, 0.3) is 0 Å². The van der Waals surface area contributed by atoms with Crippen LogP contribution in [0.3, 0.4) is 0 Å². The summed E-state index contributed by atoms with van der Waals surface area (Å²) >= 11 is 0. The van der Waals surface area contributed by atoms with Crippen molar-refractivity contribution in [2.24, 2.45) is 0 Å². The fourth-order valence-corrected chi connectivity index (χ4v) is 2.09. The Morgan fingerprint density at radius 3 is 2.18 bits per heavy atom. The number of nitrogens with zero attached hydrogens (tertiary/aromatic N) is 1. The van der Waals surface area contributed by atoms with Crippen LogP contribution < -0.4 is 0 Å². The number of terminal acetylenes is 1. The number of carbonyl (C=O) groups is 2. The van der Waals surface area contributed by atoms with Crippen LogP contribution in [0.1, 0.15) is 40.5 Å². The van der Waals surface area contributed by atoms with Gasteiger partial charge in [-0.15, -0.1) is 12.3 Å². The number of rotatable bonds is 3. The molecule has 0 saturated carbocycles. The standard InChI is InChI=1S/C14H13NO2/c1-3-7-10(4-2)15-13(16)11-8-5-6-9-12(11)14(15)17/h1,5-6,8-10H,4,7H2,2H3. The van der Waals surface area contributed by atoms with E-state index in [0.29, 0.717) is 24.0 Å². The molecule has 1 unspecified atom stereocenters. The van der Waals surface area contributed by atoms with Gasteiger partial charge in [0.25, 0.3) is 11.8 Å². The Morgan fingerprint density at radius 1 is 1.24 bits per heavy atom. The zero-order chi connectivity index (χ0) is 12.4. The van der Waals surface area contributed by atoms with Gasteiger partial charge in [-0.2, -0.15) is 0 Å². The summed E-state index contributed by atoms with van der Waals surface area (Å²) in [5.41, 5.74) is 0.959. The van der Waals surface area contributed by atoms with Gasteiger partial charge in [-0.25, -0.2) is 0 Å². The first-order valence-electron chi connectivity index (χ1n) is 5.61. The highest BCUT2D eigenvalue weighted by Gasteiger charge is 2.38. The quantitative estimate of drug-likeness (QED) is 0.585. The molecule has 1 atom stereocenters. The summed E-state index contributed by atoms with van der Waals surface area (Å²) in [7, 11) is 0. The fraction of sp³-hybridized carbons (Fsp3) is 0.286. The van der Waals surface area contributed by atoms with E-state index >= 15 is 0 Å². The molecule has 1 aliphatic heterocycles. The third-order valence-electron chi connectivity index (χ3n) is 3.02. The molecule has 3 heteroatoms. The van der Waals surface area contributed by atoms with Gasteiger partial charge in [0.05, 0.1) is 17.2 Å². The highest BCUT2D eigenvalue weighted by atomic mass is 16.2. The second-order valence-electron chi connectivity index (χ2n) is 4.00. The topological polar surface area (TPSA) is 37.4 Å². The Bertz CT molecular complexity index is 478. The van der Waals surface area contributed by atoms with Crippen molar-refractivity contribution in [1.29, 1.82) is 0 Å². The van der Waals surface area contributed by atoms with Crippen LogP contribution in [0.15, 0.2) is 24.3 Å². The maximum absolute atomic E-state index is 12.1. The van der Waals surface area contributed by atoms with Gasteiger partial charge in [0.1, 0.15) is 0 Å². The first kappa shape index (κ1) is 11.4. The molecule has 0 N–H and O–H groups in total. The maximum atomic E-state index is 12.1. The zero-order valence-corrected chi connectivity index (χ0v) is 9.64. The Morgan fingerprint density at radius 2 is 1.76 bits per heavy atom. The molecule has 0 bridgehead atoms. The average Bonchev–Trinajstić information content (AvgIpc) is 2.61. The van der Waals surface area contributed by atoms with Crippen LogP contribution in [0, 0.1) is 12.3 Å². The van der Waals surface area contributed by atoms with Crippen molar-refractivity contribution in [1.82, 2.24) is 4.90 Å². The number of imide groups is 1. The van der Waals surface area contributed by atoms with E-state index in [0.717, 1.165) is 0 Å². The van der Waals surface area contributed by atoms with E-state index in [9.17, 15) is 9.59 Å². The molecule has 1 aromatic rings. The fourth-order valence-electron chi connectivity index (χ4n) is 2.09. The van der Waals surface area contributed by atoms with Crippen molar-refractivity contribution >= 4 is 11.8 Å². The van der Waals surface area contributed by atoms with E-state index in [1.807, 2.05) is 6.92 Å². The second kappa shape index (κ2) is 4.42. The normalized spacial score (nSPS) is 15.6. The van der Waals surface area contributed by atoms with Crippen molar-refractivity contribution < 1.29 is 9.59 Å². The zero-order valence-electron chi connectivity index (χ0n) is 9.64. The molecule has 1 aliphatic rings. The monoisotopic (exact) mass is 227 g/mol. The Balaban J connectivity index is 2.39. The minimum atomic E-state index is -0.229. The van der Waals surface area contributed by atoms with Crippen molar-refractivity contribution in [3.63, 3.8) is 0 Å². The van der Waals surface area contributed by atoms with Crippen molar-refractivity contribution in [3.05, 3.63) is 35.4 Å². The molecule has 2 amide bonds. The summed E-state index contributed by atoms with van der Waals surface area (Å²) in [6.07, 6.45) is 6.35. The number of hydrogen-bond acceptors (Lipinski definition) is 2. The molecule has 0 aliphatic carbocycles. The maximum Gasteiger partial charge on any atom is 0.261 e. The van der Waals surface area contributed by atoms with Crippen LogP contribution in [0.4, 0.5) is 0 Å². The lowest BCUT2D eigenvalue weighted by Gasteiger charge is -2.23. The number of hydrogen-bond donors (Lipinski definition) is 0. The third kappa shape index (κ3) is 1.72. The van der Waals surface area contributed by atoms with Crippen LogP contribution >= 0.6 is 0 Å². The lowest BCUT2D eigenvalue weighted by atomic mass is 10.1. The molecule has 1 heterocycles. The van der Waals surface area contributed by atoms with Gasteiger partial charge in [0, 0.05) is 6.42 Å². The minimum absolute atomic E-state index is 0.201. The Kier molecular flexibility index (Phi) is 2.97. The molecule has 0 saturated heterocycles. The molecular weight excluding hydrogens is 214 g/mol. The molecular formula is C14H13NO2. The summed E-state index contributed by atoms with van der Waals surface area (Å²) in [5.74, 6) is 2.06. The first-order valence-corrected chi connectivity index (χ1v) is 5.61. The number of carbonyl (C=O) groups excluding carboxylic acids is 2. The highest BCUT2D eigenvalue weighted by Crippen LogP contribution is 2.26. The van der Waals surface area contributed by atoms with Crippen molar-refractivity contribution in [3.8, 4) is 12.3 Å². The van der Waals surface area contributed by atoms with Gasteiger partial charge < -0.3 is 0 Å². The van der Waals surface area contributed by atoms with E-state index in [1.54, 1.807) is 24.3 Å². The molecule has 1 aromatic carbocycles. The van der Waals surface area contributed by atoms with E-state index in [2.05, 4.69) is 5.92 Å². The smallest absolute Gasteiger partial charge is 0.261 e. The molecule has 0 fully saturated rings. The lowest BCUT2D eigenvalue weighted by Crippen LogP contribution is -2.39. The van der Waals surface area contributed by atoms with E-state index in [4.69, 9.17) is 6.42 Å². The van der Waals surface area contributed by atoms with Crippen LogP contribution in [-0.4, -0.2) is 22.8 Å². The lowest BCUT2D eigenvalue weighted by molar-refractivity contribution is 0.0583. The summed E-state index contributed by atoms with van der Waals surface area (Å²) in [4.78, 5) is 25.5. The third-order valence-corrected chi connectivity index (χ3v) is 3.02.